The molecule has 1 fully saturated rings. The van der Waals surface area contributed by atoms with Crippen LogP contribution in [0.3, 0.4) is 0 Å². The van der Waals surface area contributed by atoms with Gasteiger partial charge in [0.1, 0.15) is 23.8 Å². The predicted octanol–water partition coefficient (Wildman–Crippen LogP) is -1.42. The summed E-state index contributed by atoms with van der Waals surface area (Å²) in [7, 11) is -6.26. The van der Waals surface area contributed by atoms with Gasteiger partial charge >= 0.3 is 14.9 Å². The molecular formula is C15H23BN5O9PS. The van der Waals surface area contributed by atoms with Gasteiger partial charge in [0.25, 0.3) is 0 Å². The van der Waals surface area contributed by atoms with E-state index in [2.05, 4.69) is 19.5 Å². The van der Waals surface area contributed by atoms with Crippen molar-refractivity contribution in [2.24, 2.45) is 0 Å². The van der Waals surface area contributed by atoms with E-state index in [1.54, 1.807) is 6.08 Å². The number of phosphoric ester groups is 1. The normalized spacial score (nSPS) is 24.1. The molecule has 4 atom stereocenters. The van der Waals surface area contributed by atoms with Crippen molar-refractivity contribution in [2.75, 3.05) is 18.1 Å². The Bertz CT molecular complexity index is 1010. The number of allylic oxidation sites excluding steroid dienone is 1. The number of unbranched alkanes of at least 4 members (excludes halogenated alkanes) is 1. The van der Waals surface area contributed by atoms with Gasteiger partial charge < -0.3 is 40.5 Å². The number of aliphatic hydroxyl groups is 2. The van der Waals surface area contributed by atoms with Crippen LogP contribution in [0.4, 0.5) is 5.82 Å². The molecule has 2 aromatic rings. The average molecular weight is 491 g/mol. The van der Waals surface area contributed by atoms with Gasteiger partial charge in [0.2, 0.25) is 0 Å². The second-order valence-corrected chi connectivity index (χ2v) is 9.18. The molecule has 1 aliphatic heterocycles. The Morgan fingerprint density at radius 3 is 2.75 bits per heavy atom. The number of hydrogen-bond donors (Lipinski definition) is 7. The number of phosphoric acid groups is 1. The van der Waals surface area contributed by atoms with Gasteiger partial charge in [0.05, 0.1) is 12.9 Å². The number of imidazole rings is 1. The van der Waals surface area contributed by atoms with E-state index < -0.39 is 46.1 Å². The van der Waals surface area contributed by atoms with Crippen molar-refractivity contribution in [3.05, 3.63) is 18.4 Å². The van der Waals surface area contributed by atoms with Crippen molar-refractivity contribution < 1.29 is 43.9 Å². The molecule has 1 saturated heterocycles. The average Bonchev–Trinajstić information content (AvgIpc) is 3.24. The highest BCUT2D eigenvalue weighted by atomic mass is 32.2. The fraction of sp³-hybridized carbons (Fsp3) is 0.533. The zero-order valence-corrected chi connectivity index (χ0v) is 18.3. The van der Waals surface area contributed by atoms with E-state index in [0.717, 1.165) is 0 Å². The SMILES string of the molecule is Nc1nc(SCCCC=CB(O)O)nc2c1ncn2C1OC(COP(=O)(O)O)C(O)C1O. The van der Waals surface area contributed by atoms with Crippen molar-refractivity contribution in [3.63, 3.8) is 0 Å². The number of nitrogens with zero attached hydrogens (tertiary/aromatic N) is 4. The summed E-state index contributed by atoms with van der Waals surface area (Å²) >= 11 is 1.31. The molecular weight excluding hydrogens is 468 g/mol. The molecule has 3 rings (SSSR count). The first-order chi connectivity index (χ1) is 15.1. The molecule has 17 heteroatoms. The number of hydrogen-bond acceptors (Lipinski definition) is 12. The summed E-state index contributed by atoms with van der Waals surface area (Å²) in [5.41, 5.74) is 6.48. The molecule has 0 bridgehead atoms. The van der Waals surface area contributed by atoms with Crippen LogP contribution < -0.4 is 5.73 Å². The van der Waals surface area contributed by atoms with Gasteiger partial charge in [0, 0.05) is 5.75 Å². The van der Waals surface area contributed by atoms with Crippen LogP contribution >= 0.6 is 19.6 Å². The van der Waals surface area contributed by atoms with Gasteiger partial charge in [-0.15, -0.1) is 0 Å². The Morgan fingerprint density at radius 2 is 2.06 bits per heavy atom. The minimum Gasteiger partial charge on any atom is -0.424 e. The number of aromatic nitrogens is 4. The minimum atomic E-state index is -4.78. The lowest BCUT2D eigenvalue weighted by molar-refractivity contribution is -0.0504. The summed E-state index contributed by atoms with van der Waals surface area (Å²) in [5, 5.41) is 38.5. The highest BCUT2D eigenvalue weighted by molar-refractivity contribution is 7.99. The van der Waals surface area contributed by atoms with Crippen LogP contribution in [-0.4, -0.2) is 87.4 Å². The first-order valence-corrected chi connectivity index (χ1v) is 12.0. The summed E-state index contributed by atoms with van der Waals surface area (Å²) in [4.78, 5) is 30.4. The Kier molecular flexibility index (Phi) is 8.27. The molecule has 14 nitrogen and oxygen atoms in total. The third-order valence-electron chi connectivity index (χ3n) is 4.50. The third-order valence-corrected chi connectivity index (χ3v) is 5.92. The largest absolute Gasteiger partial charge is 0.480 e. The Morgan fingerprint density at radius 1 is 1.31 bits per heavy atom. The Balaban J connectivity index is 1.72. The van der Waals surface area contributed by atoms with Crippen molar-refractivity contribution >= 4 is 43.7 Å². The number of aliphatic hydroxyl groups excluding tert-OH is 2. The van der Waals surface area contributed by atoms with E-state index in [9.17, 15) is 14.8 Å². The molecule has 2 aromatic heterocycles. The van der Waals surface area contributed by atoms with Crippen LogP contribution in [0.15, 0.2) is 23.5 Å². The first-order valence-electron chi connectivity index (χ1n) is 9.44. The second kappa shape index (κ2) is 10.6. The maximum Gasteiger partial charge on any atom is 0.480 e. The van der Waals surface area contributed by atoms with Crippen LogP contribution in [0.5, 0.6) is 0 Å². The van der Waals surface area contributed by atoms with Crippen molar-refractivity contribution in [1.82, 2.24) is 19.5 Å². The molecule has 0 aliphatic carbocycles. The number of anilines is 1. The first kappa shape index (κ1) is 25.0. The topological polar surface area (TPSA) is 227 Å². The molecule has 0 saturated carbocycles. The van der Waals surface area contributed by atoms with Gasteiger partial charge in [-0.2, -0.15) is 0 Å². The molecule has 0 radical (unpaired) electrons. The summed E-state index contributed by atoms with van der Waals surface area (Å²) < 4.78 is 22.2. The number of nitrogens with two attached hydrogens (primary N) is 1. The number of thioether (sulfide) groups is 1. The maximum atomic E-state index is 10.9. The fourth-order valence-corrected chi connectivity index (χ4v) is 4.17. The van der Waals surface area contributed by atoms with E-state index in [-0.39, 0.29) is 17.0 Å². The zero-order valence-electron chi connectivity index (χ0n) is 16.6. The number of ether oxygens (including phenoxy) is 1. The highest BCUT2D eigenvalue weighted by Gasteiger charge is 2.45. The second-order valence-electron chi connectivity index (χ2n) is 6.88. The standard InChI is InChI=1S/C15H23BN5O9PS/c17-12-9-13(20-15(19-12)32-5-3-1-2-4-16(24)25)21(7-18-9)14-11(23)10(22)8(30-14)6-29-31(26,27)28/h2,4,7-8,10-11,14,22-25H,1,3,5-6H2,(H2,17,19,20)(H2,26,27,28). The van der Waals surface area contributed by atoms with Gasteiger partial charge in [-0.25, -0.2) is 19.5 Å². The van der Waals surface area contributed by atoms with Crippen LogP contribution in [-0.2, 0) is 13.8 Å². The lowest BCUT2D eigenvalue weighted by atomic mass is 9.91. The van der Waals surface area contributed by atoms with Gasteiger partial charge in [-0.05, 0) is 12.8 Å². The van der Waals surface area contributed by atoms with E-state index >= 15 is 0 Å². The molecule has 1 aliphatic rings. The lowest BCUT2D eigenvalue weighted by Crippen LogP contribution is -2.33. The molecule has 0 amide bonds. The molecule has 0 aromatic carbocycles. The summed E-state index contributed by atoms with van der Waals surface area (Å²) in [6.45, 7) is -0.633. The monoisotopic (exact) mass is 491 g/mol. The van der Waals surface area contributed by atoms with Crippen molar-refractivity contribution in [1.29, 1.82) is 0 Å². The zero-order chi connectivity index (χ0) is 23.5. The third kappa shape index (κ3) is 6.26. The molecule has 176 valence electrons. The fourth-order valence-electron chi connectivity index (χ4n) is 3.02. The van der Waals surface area contributed by atoms with Crippen LogP contribution in [0.25, 0.3) is 11.2 Å². The van der Waals surface area contributed by atoms with Crippen LogP contribution in [0.1, 0.15) is 19.1 Å². The van der Waals surface area contributed by atoms with Gasteiger partial charge in [-0.3, -0.25) is 9.09 Å². The molecule has 4 unspecified atom stereocenters. The summed E-state index contributed by atoms with van der Waals surface area (Å²) in [6.07, 6.45) is -0.968. The smallest absolute Gasteiger partial charge is 0.424 e. The lowest BCUT2D eigenvalue weighted by Gasteiger charge is -2.17. The number of fused-ring (bicyclic) bond motifs is 1. The van der Waals surface area contributed by atoms with Crippen molar-refractivity contribution in [2.45, 2.75) is 42.5 Å². The molecule has 0 spiro atoms. The summed E-state index contributed by atoms with van der Waals surface area (Å²) in [5.74, 6) is 1.99. The van der Waals surface area contributed by atoms with Gasteiger partial charge in [0.15, 0.2) is 22.8 Å². The Labute approximate surface area is 186 Å². The van der Waals surface area contributed by atoms with Crippen LogP contribution in [0, 0.1) is 0 Å². The summed E-state index contributed by atoms with van der Waals surface area (Å²) in [6, 6.07) is 0. The quantitative estimate of drug-likeness (QED) is 0.0666. The predicted molar refractivity (Wildman–Crippen MR) is 113 cm³/mol. The molecule has 8 N–H and O–H groups in total. The van der Waals surface area contributed by atoms with E-state index in [1.165, 1.54) is 28.6 Å². The van der Waals surface area contributed by atoms with E-state index in [4.69, 9.17) is 30.3 Å². The van der Waals surface area contributed by atoms with E-state index in [0.29, 0.717) is 23.8 Å². The number of nitrogen functional groups attached to an aromatic ring is 1. The molecule has 3 heterocycles. The highest BCUT2D eigenvalue weighted by Crippen LogP contribution is 2.39. The van der Waals surface area contributed by atoms with E-state index in [1.807, 2.05) is 0 Å². The van der Waals surface area contributed by atoms with Crippen molar-refractivity contribution in [3.8, 4) is 0 Å². The van der Waals surface area contributed by atoms with Crippen LogP contribution in [0.2, 0.25) is 0 Å². The Hall–Kier alpha value is -1.59. The molecule has 32 heavy (non-hydrogen) atoms. The maximum absolute atomic E-state index is 10.9. The number of rotatable bonds is 10. The minimum absolute atomic E-state index is 0.106. The van der Waals surface area contributed by atoms with Gasteiger partial charge in [-0.1, -0.05) is 23.8 Å².